The normalized spacial score (nSPS) is 15.0. The molecule has 0 aliphatic heterocycles. The highest BCUT2D eigenvalue weighted by molar-refractivity contribution is 7.56. The van der Waals surface area contributed by atoms with Crippen molar-refractivity contribution in [2.24, 2.45) is 0 Å². The molecule has 1 atom stereocenters. The topological polar surface area (TPSA) is 75.6 Å². The third-order valence-electron chi connectivity index (χ3n) is 2.04. The first kappa shape index (κ1) is 13.7. The molecule has 0 heterocycles. The molecule has 0 amide bonds. The Labute approximate surface area is 100 Å². The Morgan fingerprint density at radius 3 is 2.35 bits per heavy atom. The fraction of sp³-hybridized carbons (Fsp3) is 0.364. The number of nitrogens with one attached hydrogen (secondary N) is 1. The molecule has 0 radical (unpaired) electrons. The van der Waals surface area contributed by atoms with Gasteiger partial charge in [-0.15, -0.1) is 0 Å². The predicted octanol–water partition coefficient (Wildman–Crippen LogP) is 2.34. The van der Waals surface area contributed by atoms with Crippen LogP contribution in [0.3, 0.4) is 0 Å². The van der Waals surface area contributed by atoms with Gasteiger partial charge in [-0.05, 0) is 26.0 Å². The van der Waals surface area contributed by atoms with Crippen molar-refractivity contribution >= 4 is 13.5 Å². The molecule has 17 heavy (non-hydrogen) atoms. The van der Waals surface area contributed by atoms with Gasteiger partial charge in [0.25, 0.3) is 0 Å². The Bertz CT molecular complexity index is 444. The smallest absolute Gasteiger partial charge is 0.323 e. The van der Waals surface area contributed by atoms with Crippen molar-refractivity contribution in [1.82, 2.24) is 5.09 Å². The number of aliphatic carboxylic acids is 1. The molecule has 6 heteroatoms. The Morgan fingerprint density at radius 2 is 1.88 bits per heavy atom. The summed E-state index contributed by atoms with van der Waals surface area (Å²) in [4.78, 5) is 10.9. The first-order valence-corrected chi connectivity index (χ1v) is 7.15. The second-order valence-corrected chi connectivity index (χ2v) is 6.39. The van der Waals surface area contributed by atoms with E-state index in [0.29, 0.717) is 5.75 Å². The molecule has 0 saturated heterocycles. The minimum Gasteiger partial charge on any atom is -0.480 e. The Kier molecular flexibility index (Phi) is 3.96. The lowest BCUT2D eigenvalue weighted by molar-refractivity contribution is -0.142. The van der Waals surface area contributed by atoms with Crippen LogP contribution < -0.4 is 9.61 Å². The maximum atomic E-state index is 12.1. The molecule has 2 N–H and O–H groups in total. The third kappa shape index (κ3) is 4.21. The summed E-state index contributed by atoms with van der Waals surface area (Å²) in [6.07, 6.45) is 0. The molecule has 1 rings (SSSR count). The van der Waals surface area contributed by atoms with Crippen LogP contribution in [-0.2, 0) is 9.36 Å². The molecule has 1 unspecified atom stereocenters. The molecule has 94 valence electrons. The zero-order valence-corrected chi connectivity index (χ0v) is 10.9. The lowest BCUT2D eigenvalue weighted by Crippen LogP contribution is -2.45. The van der Waals surface area contributed by atoms with Gasteiger partial charge in [0, 0.05) is 6.66 Å². The quantitative estimate of drug-likeness (QED) is 0.792. The van der Waals surface area contributed by atoms with E-state index in [1.54, 1.807) is 24.3 Å². The van der Waals surface area contributed by atoms with Gasteiger partial charge in [-0.1, -0.05) is 18.2 Å². The van der Waals surface area contributed by atoms with Crippen molar-refractivity contribution in [1.29, 1.82) is 0 Å². The number of carbonyl (C=O) groups is 1. The second kappa shape index (κ2) is 4.90. The van der Waals surface area contributed by atoms with Crippen molar-refractivity contribution < 1.29 is 19.0 Å². The van der Waals surface area contributed by atoms with Crippen LogP contribution in [0.15, 0.2) is 30.3 Å². The number of hydrogen-bond acceptors (Lipinski definition) is 3. The highest BCUT2D eigenvalue weighted by atomic mass is 31.2. The van der Waals surface area contributed by atoms with Gasteiger partial charge in [0.15, 0.2) is 0 Å². The molecular formula is C11H16NO4P. The van der Waals surface area contributed by atoms with Crippen LogP contribution in [0.4, 0.5) is 0 Å². The van der Waals surface area contributed by atoms with Gasteiger partial charge in [-0.3, -0.25) is 9.36 Å². The van der Waals surface area contributed by atoms with E-state index in [9.17, 15) is 9.36 Å². The lowest BCUT2D eigenvalue weighted by atomic mass is 10.1. The first-order chi connectivity index (χ1) is 7.73. The summed E-state index contributed by atoms with van der Waals surface area (Å²) in [5, 5.41) is 11.4. The van der Waals surface area contributed by atoms with Crippen molar-refractivity contribution in [2.75, 3.05) is 6.66 Å². The van der Waals surface area contributed by atoms with E-state index < -0.39 is 19.0 Å². The van der Waals surface area contributed by atoms with Crippen molar-refractivity contribution in [3.8, 4) is 5.75 Å². The van der Waals surface area contributed by atoms with E-state index in [0.717, 1.165) is 0 Å². The molecule has 1 aromatic carbocycles. The summed E-state index contributed by atoms with van der Waals surface area (Å²) >= 11 is 0. The molecular weight excluding hydrogens is 241 g/mol. The molecule has 5 nitrogen and oxygen atoms in total. The van der Waals surface area contributed by atoms with Gasteiger partial charge in [-0.25, -0.2) is 5.09 Å². The molecule has 0 aliphatic carbocycles. The molecule has 0 aliphatic rings. The van der Waals surface area contributed by atoms with Crippen LogP contribution in [0.2, 0.25) is 0 Å². The zero-order valence-electron chi connectivity index (χ0n) is 10.0. The Hall–Kier alpha value is -1.32. The van der Waals surface area contributed by atoms with E-state index in [2.05, 4.69) is 5.09 Å². The average Bonchev–Trinajstić information content (AvgIpc) is 2.16. The van der Waals surface area contributed by atoms with E-state index >= 15 is 0 Å². The van der Waals surface area contributed by atoms with Gasteiger partial charge in [0.2, 0.25) is 0 Å². The summed E-state index contributed by atoms with van der Waals surface area (Å²) in [6.45, 7) is 4.21. The number of carboxylic acids is 1. The van der Waals surface area contributed by atoms with Gasteiger partial charge < -0.3 is 9.63 Å². The fourth-order valence-electron chi connectivity index (χ4n) is 1.26. The number of para-hydroxylation sites is 1. The van der Waals surface area contributed by atoms with Gasteiger partial charge >= 0.3 is 13.5 Å². The van der Waals surface area contributed by atoms with Crippen molar-refractivity contribution in [3.63, 3.8) is 0 Å². The predicted molar refractivity (Wildman–Crippen MR) is 65.5 cm³/mol. The Balaban J connectivity index is 2.77. The highest BCUT2D eigenvalue weighted by Gasteiger charge is 2.34. The standard InChI is InChI=1S/C11H16NO4P/c1-11(2,10(13)14)12-17(3,15)16-9-7-5-4-6-8-9/h4-8H,1-3H3,(H,12,15)(H,13,14). The number of rotatable bonds is 5. The third-order valence-corrected chi connectivity index (χ3v) is 3.56. The van der Waals surface area contributed by atoms with Gasteiger partial charge in [0.1, 0.15) is 11.3 Å². The van der Waals surface area contributed by atoms with Gasteiger partial charge in [-0.2, -0.15) is 0 Å². The van der Waals surface area contributed by atoms with E-state index in [-0.39, 0.29) is 0 Å². The minimum absolute atomic E-state index is 0.437. The van der Waals surface area contributed by atoms with Crippen LogP contribution in [-0.4, -0.2) is 23.3 Å². The van der Waals surface area contributed by atoms with Crippen LogP contribution in [0, 0.1) is 0 Å². The monoisotopic (exact) mass is 257 g/mol. The highest BCUT2D eigenvalue weighted by Crippen LogP contribution is 2.40. The Morgan fingerprint density at radius 1 is 1.35 bits per heavy atom. The van der Waals surface area contributed by atoms with E-state index in [4.69, 9.17) is 9.63 Å². The lowest BCUT2D eigenvalue weighted by Gasteiger charge is -2.26. The van der Waals surface area contributed by atoms with Crippen LogP contribution >= 0.6 is 7.52 Å². The average molecular weight is 257 g/mol. The summed E-state index contributed by atoms with van der Waals surface area (Å²) < 4.78 is 17.4. The molecule has 0 spiro atoms. The van der Waals surface area contributed by atoms with Crippen LogP contribution in [0.5, 0.6) is 5.75 Å². The molecule has 1 aromatic rings. The van der Waals surface area contributed by atoms with E-state index in [1.165, 1.54) is 20.5 Å². The summed E-state index contributed by atoms with van der Waals surface area (Å²) in [7, 11) is -3.22. The maximum Gasteiger partial charge on any atom is 0.323 e. The molecule has 0 bridgehead atoms. The minimum atomic E-state index is -3.22. The first-order valence-electron chi connectivity index (χ1n) is 5.08. The summed E-state index contributed by atoms with van der Waals surface area (Å²) in [5.74, 6) is -0.650. The summed E-state index contributed by atoms with van der Waals surface area (Å²) in [6, 6.07) is 8.62. The molecule has 0 saturated carbocycles. The maximum absolute atomic E-state index is 12.1. The SMILES string of the molecule is CC(C)(NP(C)(=O)Oc1ccccc1)C(=O)O. The van der Waals surface area contributed by atoms with E-state index in [1.807, 2.05) is 6.07 Å². The zero-order chi connectivity index (χ0) is 13.1. The van der Waals surface area contributed by atoms with Crippen LogP contribution in [0.1, 0.15) is 13.8 Å². The molecule has 0 aromatic heterocycles. The van der Waals surface area contributed by atoms with Crippen molar-refractivity contribution in [3.05, 3.63) is 30.3 Å². The van der Waals surface area contributed by atoms with Crippen LogP contribution in [0.25, 0.3) is 0 Å². The van der Waals surface area contributed by atoms with Gasteiger partial charge in [0.05, 0.1) is 0 Å². The fourth-order valence-corrected chi connectivity index (χ4v) is 2.94. The molecule has 0 fully saturated rings. The number of hydrogen-bond donors (Lipinski definition) is 2. The number of benzene rings is 1. The second-order valence-electron chi connectivity index (χ2n) is 4.29. The van der Waals surface area contributed by atoms with Crippen molar-refractivity contribution in [2.45, 2.75) is 19.4 Å². The number of carboxylic acid groups (broad SMARTS) is 1. The summed E-state index contributed by atoms with van der Waals surface area (Å²) in [5.41, 5.74) is -1.31. The largest absolute Gasteiger partial charge is 0.480 e.